The van der Waals surface area contributed by atoms with E-state index >= 15 is 0 Å². The standard InChI is InChI=1S/C38H40N2O8S2/c1-7-45-35(41)29-27-19-23(5)15-17-39(27)31(37(43)47-9-3)33(29)49-21-25-11-13-26(14-12-25)22-50-34-30(36(42)46-8-2)28-20-24(6)16-18-40(28)32(34)38(44)48-10-4/h11-20H,7-10,21-22H2,1-6H3. The molecule has 0 amide bonds. The summed E-state index contributed by atoms with van der Waals surface area (Å²) in [5.74, 6) is -1.11. The molecule has 10 nitrogen and oxygen atoms in total. The number of hydrogen-bond donors (Lipinski definition) is 0. The molecule has 5 aromatic rings. The van der Waals surface area contributed by atoms with E-state index < -0.39 is 23.9 Å². The molecule has 5 rings (SSSR count). The van der Waals surface area contributed by atoms with Crippen molar-refractivity contribution < 1.29 is 38.1 Å². The van der Waals surface area contributed by atoms with Gasteiger partial charge in [0.15, 0.2) is 0 Å². The smallest absolute Gasteiger partial charge is 0.356 e. The van der Waals surface area contributed by atoms with Gasteiger partial charge in [0.25, 0.3) is 0 Å². The van der Waals surface area contributed by atoms with Crippen LogP contribution in [-0.4, -0.2) is 59.1 Å². The molecule has 4 aromatic heterocycles. The van der Waals surface area contributed by atoms with Gasteiger partial charge in [0.2, 0.25) is 0 Å². The van der Waals surface area contributed by atoms with Crippen LogP contribution in [0.5, 0.6) is 0 Å². The third-order valence-electron chi connectivity index (χ3n) is 7.79. The molecule has 0 bridgehead atoms. The van der Waals surface area contributed by atoms with Crippen LogP contribution in [0.1, 0.15) is 91.6 Å². The first-order valence-electron chi connectivity index (χ1n) is 16.4. The minimum atomic E-state index is -0.519. The summed E-state index contributed by atoms with van der Waals surface area (Å²) in [7, 11) is 0. The Bertz CT molecular complexity index is 1920. The van der Waals surface area contributed by atoms with E-state index in [9.17, 15) is 19.2 Å². The molecule has 0 radical (unpaired) electrons. The zero-order chi connectivity index (χ0) is 35.9. The molecule has 0 unspecified atom stereocenters. The number of hydrogen-bond acceptors (Lipinski definition) is 10. The monoisotopic (exact) mass is 716 g/mol. The normalized spacial score (nSPS) is 11.2. The average molecular weight is 717 g/mol. The van der Waals surface area contributed by atoms with Crippen LogP contribution < -0.4 is 0 Å². The van der Waals surface area contributed by atoms with Gasteiger partial charge in [-0.3, -0.25) is 0 Å². The second kappa shape index (κ2) is 16.4. The van der Waals surface area contributed by atoms with E-state index in [-0.39, 0.29) is 37.8 Å². The van der Waals surface area contributed by atoms with Gasteiger partial charge in [0.1, 0.15) is 11.4 Å². The number of esters is 4. The molecule has 0 N–H and O–H groups in total. The summed E-state index contributed by atoms with van der Waals surface area (Å²) in [6.07, 6.45) is 3.54. The molecule has 262 valence electrons. The van der Waals surface area contributed by atoms with Crippen LogP contribution in [0.25, 0.3) is 11.0 Å². The van der Waals surface area contributed by atoms with Crippen molar-refractivity contribution in [2.75, 3.05) is 26.4 Å². The number of nitrogens with zero attached hydrogens (tertiary/aromatic N) is 2. The van der Waals surface area contributed by atoms with Crippen molar-refractivity contribution in [3.8, 4) is 0 Å². The molecule has 0 aliphatic carbocycles. The van der Waals surface area contributed by atoms with Crippen molar-refractivity contribution in [1.29, 1.82) is 0 Å². The molecule has 12 heteroatoms. The van der Waals surface area contributed by atoms with Gasteiger partial charge in [0.05, 0.1) is 58.4 Å². The number of carbonyl (C=O) groups excluding carboxylic acids is 4. The molecule has 0 fully saturated rings. The molecule has 0 aliphatic rings. The van der Waals surface area contributed by atoms with Crippen LogP contribution in [0.15, 0.2) is 70.7 Å². The Morgan fingerprint density at radius 3 is 1.22 bits per heavy atom. The lowest BCUT2D eigenvalue weighted by Gasteiger charge is -2.09. The van der Waals surface area contributed by atoms with E-state index in [1.807, 2.05) is 62.4 Å². The summed E-state index contributed by atoms with van der Waals surface area (Å²) in [5, 5.41) is 0. The van der Waals surface area contributed by atoms with Crippen LogP contribution in [0, 0.1) is 13.8 Å². The number of aromatic nitrogens is 2. The predicted molar refractivity (Wildman–Crippen MR) is 194 cm³/mol. The lowest BCUT2D eigenvalue weighted by atomic mass is 10.2. The Morgan fingerprint density at radius 1 is 0.540 bits per heavy atom. The summed E-state index contributed by atoms with van der Waals surface area (Å²) in [5.41, 5.74) is 6.21. The number of aryl methyl sites for hydroxylation is 2. The third kappa shape index (κ3) is 7.56. The van der Waals surface area contributed by atoms with Crippen LogP contribution in [0.3, 0.4) is 0 Å². The fraction of sp³-hybridized carbons (Fsp3) is 0.316. The van der Waals surface area contributed by atoms with Gasteiger partial charge in [-0.1, -0.05) is 24.3 Å². The number of carbonyl (C=O) groups is 4. The van der Waals surface area contributed by atoms with Crippen LogP contribution in [0.4, 0.5) is 0 Å². The average Bonchev–Trinajstić information content (AvgIpc) is 3.59. The zero-order valence-electron chi connectivity index (χ0n) is 29.0. The highest BCUT2D eigenvalue weighted by Gasteiger charge is 2.31. The Hall–Kier alpha value is -4.68. The highest BCUT2D eigenvalue weighted by Crippen LogP contribution is 2.38. The molecule has 0 atom stereocenters. The lowest BCUT2D eigenvalue weighted by molar-refractivity contribution is 0.0498. The number of ether oxygens (including phenoxy) is 4. The van der Waals surface area contributed by atoms with Gasteiger partial charge >= 0.3 is 23.9 Å². The topological polar surface area (TPSA) is 114 Å². The third-order valence-corrected chi connectivity index (χ3v) is 10.1. The summed E-state index contributed by atoms with van der Waals surface area (Å²) in [6.45, 7) is 11.6. The van der Waals surface area contributed by atoms with E-state index in [1.54, 1.807) is 48.9 Å². The fourth-order valence-electron chi connectivity index (χ4n) is 5.58. The van der Waals surface area contributed by atoms with E-state index in [2.05, 4.69) is 0 Å². The molecule has 0 aliphatic heterocycles. The van der Waals surface area contributed by atoms with Crippen LogP contribution in [-0.2, 0) is 30.5 Å². The van der Waals surface area contributed by atoms with E-state index in [4.69, 9.17) is 18.9 Å². The minimum Gasteiger partial charge on any atom is -0.462 e. The lowest BCUT2D eigenvalue weighted by Crippen LogP contribution is -2.10. The van der Waals surface area contributed by atoms with Crippen molar-refractivity contribution >= 4 is 58.4 Å². The van der Waals surface area contributed by atoms with Gasteiger partial charge in [-0.25, -0.2) is 19.2 Å². The van der Waals surface area contributed by atoms with Gasteiger partial charge in [-0.2, -0.15) is 0 Å². The number of rotatable bonds is 14. The first kappa shape index (κ1) is 36.6. The molecule has 4 heterocycles. The highest BCUT2D eigenvalue weighted by molar-refractivity contribution is 7.99. The second-order valence-electron chi connectivity index (χ2n) is 11.3. The molecular formula is C38H40N2O8S2. The SMILES string of the molecule is CCOC(=O)c1c(SCc2ccc(CSc3c(C(=O)OCC)c4cc(C)ccn4c3C(=O)OCC)cc2)c(C(=O)OCC)n2ccc(C)cc12. The number of thioether (sulfide) groups is 2. The maximum Gasteiger partial charge on any atom is 0.356 e. The van der Waals surface area contributed by atoms with Gasteiger partial charge in [-0.15, -0.1) is 23.5 Å². The number of pyridine rings is 2. The van der Waals surface area contributed by atoms with E-state index in [0.717, 1.165) is 22.3 Å². The molecule has 0 saturated carbocycles. The molecular weight excluding hydrogens is 677 g/mol. The summed E-state index contributed by atoms with van der Waals surface area (Å²) in [6, 6.07) is 15.4. The van der Waals surface area contributed by atoms with Crippen molar-refractivity contribution in [2.24, 2.45) is 0 Å². The van der Waals surface area contributed by atoms with E-state index in [0.29, 0.717) is 43.5 Å². The minimum absolute atomic E-state index is 0.192. The first-order valence-corrected chi connectivity index (χ1v) is 18.4. The number of fused-ring (bicyclic) bond motifs is 2. The van der Waals surface area contributed by atoms with Gasteiger partial charge < -0.3 is 27.7 Å². The predicted octanol–water partition coefficient (Wildman–Crippen LogP) is 8.10. The Labute approximate surface area is 299 Å². The number of benzene rings is 1. The quantitative estimate of drug-likeness (QED) is 0.0635. The Balaban J connectivity index is 1.44. The van der Waals surface area contributed by atoms with Gasteiger partial charge in [0, 0.05) is 23.9 Å². The first-order chi connectivity index (χ1) is 24.1. The Morgan fingerprint density at radius 2 is 0.880 bits per heavy atom. The van der Waals surface area contributed by atoms with Crippen molar-refractivity contribution in [3.05, 3.63) is 106 Å². The van der Waals surface area contributed by atoms with Crippen LogP contribution in [0.2, 0.25) is 0 Å². The highest BCUT2D eigenvalue weighted by atomic mass is 32.2. The molecule has 0 spiro atoms. The molecule has 50 heavy (non-hydrogen) atoms. The molecule has 0 saturated heterocycles. The summed E-state index contributed by atoms with van der Waals surface area (Å²) >= 11 is 2.75. The van der Waals surface area contributed by atoms with Crippen molar-refractivity contribution in [3.63, 3.8) is 0 Å². The molecule has 1 aromatic carbocycles. The summed E-state index contributed by atoms with van der Waals surface area (Å²) < 4.78 is 25.0. The van der Waals surface area contributed by atoms with Gasteiger partial charge in [-0.05, 0) is 88.1 Å². The Kier molecular flexibility index (Phi) is 12.0. The maximum atomic E-state index is 13.2. The van der Waals surface area contributed by atoms with Crippen molar-refractivity contribution in [2.45, 2.75) is 62.8 Å². The zero-order valence-corrected chi connectivity index (χ0v) is 30.6. The van der Waals surface area contributed by atoms with Crippen LogP contribution >= 0.6 is 23.5 Å². The fourth-order valence-corrected chi connectivity index (χ4v) is 7.89. The van der Waals surface area contributed by atoms with E-state index in [1.165, 1.54) is 23.5 Å². The second-order valence-corrected chi connectivity index (χ2v) is 13.3. The largest absolute Gasteiger partial charge is 0.462 e. The summed E-state index contributed by atoms with van der Waals surface area (Å²) in [4.78, 5) is 53.9. The maximum absolute atomic E-state index is 13.2. The van der Waals surface area contributed by atoms with Crippen molar-refractivity contribution in [1.82, 2.24) is 8.80 Å².